The number of carbonyl (C=O) groups excluding carboxylic acids is 2. The summed E-state index contributed by atoms with van der Waals surface area (Å²) in [5.74, 6) is -2.30. The highest BCUT2D eigenvalue weighted by molar-refractivity contribution is 7.89. The van der Waals surface area contributed by atoms with E-state index in [0.717, 1.165) is 30.2 Å². The molecule has 0 atom stereocenters. The molecule has 9 heteroatoms. The van der Waals surface area contributed by atoms with E-state index < -0.39 is 39.2 Å². The predicted molar refractivity (Wildman–Crippen MR) is 112 cm³/mol. The van der Waals surface area contributed by atoms with Crippen LogP contribution >= 0.6 is 0 Å². The van der Waals surface area contributed by atoms with Crippen molar-refractivity contribution in [2.75, 3.05) is 26.2 Å². The first kappa shape index (κ1) is 22.9. The molecule has 0 radical (unpaired) electrons. The maximum Gasteiger partial charge on any atom is 0.338 e. The van der Waals surface area contributed by atoms with Gasteiger partial charge in [0, 0.05) is 19.6 Å². The summed E-state index contributed by atoms with van der Waals surface area (Å²) in [5, 5.41) is 2.65. The van der Waals surface area contributed by atoms with Crippen LogP contribution in [0.3, 0.4) is 0 Å². The Hall–Kier alpha value is -2.78. The molecule has 0 saturated carbocycles. The van der Waals surface area contributed by atoms with Crippen molar-refractivity contribution < 1.29 is 27.1 Å². The molecule has 1 saturated heterocycles. The van der Waals surface area contributed by atoms with Gasteiger partial charge in [0.25, 0.3) is 5.91 Å². The number of ether oxygens (including phenoxy) is 1. The Kier molecular flexibility index (Phi) is 7.75. The molecule has 1 heterocycles. The van der Waals surface area contributed by atoms with Gasteiger partial charge in [-0.25, -0.2) is 17.6 Å². The molecule has 0 aromatic heterocycles. The molecule has 0 unspecified atom stereocenters. The van der Waals surface area contributed by atoms with Crippen molar-refractivity contribution in [3.05, 3.63) is 65.5 Å². The summed E-state index contributed by atoms with van der Waals surface area (Å²) in [6.45, 7) is 0.508. The largest absolute Gasteiger partial charge is 0.452 e. The van der Waals surface area contributed by atoms with E-state index >= 15 is 0 Å². The number of esters is 1. The van der Waals surface area contributed by atoms with Gasteiger partial charge in [0.2, 0.25) is 10.0 Å². The van der Waals surface area contributed by atoms with Crippen LogP contribution in [-0.2, 0) is 26.0 Å². The first-order valence-corrected chi connectivity index (χ1v) is 11.6. The lowest BCUT2D eigenvalue weighted by molar-refractivity contribution is -0.124. The van der Waals surface area contributed by atoms with E-state index in [9.17, 15) is 22.4 Å². The van der Waals surface area contributed by atoms with Crippen molar-refractivity contribution in [2.45, 2.75) is 30.6 Å². The fourth-order valence-corrected chi connectivity index (χ4v) is 4.94. The second-order valence-electron chi connectivity index (χ2n) is 7.27. The molecular weight excluding hydrogens is 423 g/mol. The Balaban J connectivity index is 1.56. The smallest absolute Gasteiger partial charge is 0.338 e. The van der Waals surface area contributed by atoms with Crippen molar-refractivity contribution in [1.29, 1.82) is 0 Å². The molecule has 1 amide bonds. The van der Waals surface area contributed by atoms with E-state index in [4.69, 9.17) is 4.74 Å². The normalized spacial score (nSPS) is 14.7. The van der Waals surface area contributed by atoms with E-state index in [1.54, 1.807) is 0 Å². The summed E-state index contributed by atoms with van der Waals surface area (Å²) < 4.78 is 46.0. The molecule has 31 heavy (non-hydrogen) atoms. The average molecular weight is 449 g/mol. The lowest BCUT2D eigenvalue weighted by atomic mass is 10.1. The first-order valence-electron chi connectivity index (χ1n) is 10.2. The molecular formula is C22H25FN2O5S. The molecule has 1 aliphatic rings. The van der Waals surface area contributed by atoms with Crippen molar-refractivity contribution in [3.63, 3.8) is 0 Å². The molecule has 166 valence electrons. The standard InChI is InChI=1S/C22H25FN2O5S/c23-19-10-9-18(15-20(19)31(28,29)25-13-5-2-6-14-25)22(27)30-16-21(26)24-12-11-17-7-3-1-4-8-17/h1,3-4,7-10,15H,2,5-6,11-14,16H2,(H,24,26). The molecule has 1 fully saturated rings. The van der Waals surface area contributed by atoms with Crippen LogP contribution in [0.2, 0.25) is 0 Å². The highest BCUT2D eigenvalue weighted by Crippen LogP contribution is 2.24. The lowest BCUT2D eigenvalue weighted by Crippen LogP contribution is -2.36. The second-order valence-corrected chi connectivity index (χ2v) is 9.18. The second kappa shape index (κ2) is 10.5. The predicted octanol–water partition coefficient (Wildman–Crippen LogP) is 2.52. The summed E-state index contributed by atoms with van der Waals surface area (Å²) in [6, 6.07) is 12.6. The van der Waals surface area contributed by atoms with E-state index in [1.807, 2.05) is 30.3 Å². The van der Waals surface area contributed by atoms with Gasteiger partial charge in [-0.3, -0.25) is 4.79 Å². The monoisotopic (exact) mass is 448 g/mol. The van der Waals surface area contributed by atoms with Gasteiger partial charge in [0.15, 0.2) is 6.61 Å². The minimum absolute atomic E-state index is 0.130. The van der Waals surface area contributed by atoms with Crippen LogP contribution in [0.5, 0.6) is 0 Å². The number of nitrogens with one attached hydrogen (secondary N) is 1. The van der Waals surface area contributed by atoms with Crippen LogP contribution < -0.4 is 5.32 Å². The van der Waals surface area contributed by atoms with Crippen molar-refractivity contribution in [1.82, 2.24) is 9.62 Å². The summed E-state index contributed by atoms with van der Waals surface area (Å²) in [4.78, 5) is 23.6. The van der Waals surface area contributed by atoms with E-state index in [1.165, 1.54) is 4.31 Å². The van der Waals surface area contributed by atoms with Crippen LogP contribution in [0.1, 0.15) is 35.2 Å². The zero-order chi connectivity index (χ0) is 22.3. The number of carbonyl (C=O) groups is 2. The maximum atomic E-state index is 14.3. The number of hydrogen-bond donors (Lipinski definition) is 1. The van der Waals surface area contributed by atoms with Gasteiger partial charge >= 0.3 is 5.97 Å². The number of amides is 1. The molecule has 0 spiro atoms. The average Bonchev–Trinajstić information content (AvgIpc) is 2.79. The maximum absolute atomic E-state index is 14.3. The molecule has 0 aliphatic carbocycles. The topological polar surface area (TPSA) is 92.8 Å². The van der Waals surface area contributed by atoms with Crippen molar-refractivity contribution in [2.24, 2.45) is 0 Å². The highest BCUT2D eigenvalue weighted by atomic mass is 32.2. The zero-order valence-electron chi connectivity index (χ0n) is 17.1. The Morgan fingerprint density at radius 3 is 2.45 bits per heavy atom. The number of nitrogens with zero attached hydrogens (tertiary/aromatic N) is 1. The first-order chi connectivity index (χ1) is 14.9. The third-order valence-electron chi connectivity index (χ3n) is 5.01. The molecule has 2 aromatic carbocycles. The van der Waals surface area contributed by atoms with Crippen molar-refractivity contribution in [3.8, 4) is 0 Å². The van der Waals surface area contributed by atoms with Gasteiger partial charge < -0.3 is 10.1 Å². The fraction of sp³-hybridized carbons (Fsp3) is 0.364. The van der Waals surface area contributed by atoms with Gasteiger partial charge in [0.1, 0.15) is 10.7 Å². The molecule has 1 N–H and O–H groups in total. The number of sulfonamides is 1. The van der Waals surface area contributed by atoms with Gasteiger partial charge in [-0.1, -0.05) is 36.8 Å². The number of halogens is 1. The minimum atomic E-state index is -4.05. The van der Waals surface area contributed by atoms with Crippen LogP contribution in [-0.4, -0.2) is 50.8 Å². The lowest BCUT2D eigenvalue weighted by Gasteiger charge is -2.26. The summed E-state index contributed by atoms with van der Waals surface area (Å²) >= 11 is 0. The van der Waals surface area contributed by atoms with Gasteiger partial charge in [-0.2, -0.15) is 4.31 Å². The Morgan fingerprint density at radius 1 is 1.03 bits per heavy atom. The third-order valence-corrected chi connectivity index (χ3v) is 6.93. The van der Waals surface area contributed by atoms with Crippen LogP contribution in [0.4, 0.5) is 4.39 Å². The zero-order valence-corrected chi connectivity index (χ0v) is 17.9. The molecule has 1 aliphatic heterocycles. The SMILES string of the molecule is O=C(COC(=O)c1ccc(F)c(S(=O)(=O)N2CCCCC2)c1)NCCc1ccccc1. The summed E-state index contributed by atoms with van der Waals surface area (Å²) in [7, 11) is -4.05. The summed E-state index contributed by atoms with van der Waals surface area (Å²) in [6.07, 6.45) is 2.98. The van der Waals surface area contributed by atoms with Gasteiger partial charge in [-0.05, 0) is 43.0 Å². The van der Waals surface area contributed by atoms with E-state index in [2.05, 4.69) is 5.32 Å². The number of benzene rings is 2. The van der Waals surface area contributed by atoms with E-state index in [0.29, 0.717) is 38.9 Å². The molecule has 2 aromatic rings. The van der Waals surface area contributed by atoms with E-state index in [-0.39, 0.29) is 5.56 Å². The summed E-state index contributed by atoms with van der Waals surface area (Å²) in [5.41, 5.74) is 0.933. The Labute approximate surface area is 181 Å². The number of rotatable bonds is 8. The highest BCUT2D eigenvalue weighted by Gasteiger charge is 2.29. The molecule has 7 nitrogen and oxygen atoms in total. The number of hydrogen-bond acceptors (Lipinski definition) is 5. The third kappa shape index (κ3) is 6.11. The Bertz CT molecular complexity index is 1020. The number of piperidine rings is 1. The van der Waals surface area contributed by atoms with Crippen LogP contribution in [0.15, 0.2) is 53.4 Å². The van der Waals surface area contributed by atoms with Gasteiger partial charge in [0.05, 0.1) is 5.56 Å². The fourth-order valence-electron chi connectivity index (χ4n) is 3.33. The van der Waals surface area contributed by atoms with Crippen molar-refractivity contribution >= 4 is 21.9 Å². The Morgan fingerprint density at radius 2 is 1.74 bits per heavy atom. The van der Waals surface area contributed by atoms with Gasteiger partial charge in [-0.15, -0.1) is 0 Å². The van der Waals surface area contributed by atoms with Crippen LogP contribution in [0, 0.1) is 5.82 Å². The van der Waals surface area contributed by atoms with Crippen LogP contribution in [0.25, 0.3) is 0 Å². The molecule has 0 bridgehead atoms. The minimum Gasteiger partial charge on any atom is -0.452 e. The molecule has 3 rings (SSSR count). The quantitative estimate of drug-likeness (QED) is 0.627.